The van der Waals surface area contributed by atoms with Crippen molar-refractivity contribution in [3.8, 4) is 0 Å². The minimum atomic E-state index is -4.52. The Labute approximate surface area is 602 Å². The molecule has 25 nitrogen and oxygen atoms in total. The highest BCUT2D eigenvalue weighted by molar-refractivity contribution is 6.21. The molecule has 101 heavy (non-hydrogen) atoms. The number of carbonyl (C=O) groups excluding carboxylic acids is 12. The number of fused-ring (bicyclic) bond motifs is 1. The molecule has 15 atom stereocenters. The van der Waals surface area contributed by atoms with Crippen LogP contribution in [0.15, 0.2) is 0 Å². The Morgan fingerprint density at radius 3 is 1.69 bits per heavy atom. The van der Waals surface area contributed by atoms with Gasteiger partial charge in [-0.25, -0.2) is 0 Å². The van der Waals surface area contributed by atoms with Gasteiger partial charge in [0.1, 0.15) is 60.4 Å². The first-order chi connectivity index (χ1) is 47.2. The Balaban J connectivity index is 1.63. The van der Waals surface area contributed by atoms with Crippen LogP contribution in [0, 0.1) is 47.3 Å². The first-order valence-electron chi connectivity index (χ1n) is 36.9. The van der Waals surface area contributed by atoms with E-state index in [1.54, 1.807) is 13.8 Å². The standard InChI is InChI=1S/C72H121ClF3N13O12/c1-19-43(6)60-70(100)83(13)46(9)65(95)89-34-31-53(89)69(99)86(16)56(38-48-23-21-42(5)22-24-48)68(98)82(12)40-58(90)79-52(28-26-47-25-27-50(51(73)36-47)72(74,75)76)66(96)85(15)55(37-49-29-32-77-33-30-49)62(92)78-45(8)64(94)88(18)61(44(7)20-2)71(101)87(17)57(67(97)81(10)11)39-59(91)84(14)54(35-41(3)4)63(93)80-60/h41-57,60-61,77H,19-40H2,1-18H3,(H,78,92)(H,79,90)(H,80,93)/t42?,43-,44-,45-,46-,47?,48?,50?,51?,52-,53-,54-,55-,56-,57-,60-,61-/m0/s1. The van der Waals surface area contributed by atoms with Gasteiger partial charge in [0.05, 0.1) is 18.9 Å². The van der Waals surface area contributed by atoms with Crippen molar-refractivity contribution in [1.82, 2.24) is 65.4 Å². The van der Waals surface area contributed by atoms with E-state index in [2.05, 4.69) is 28.2 Å². The van der Waals surface area contributed by atoms with Crippen LogP contribution in [-0.2, 0) is 57.5 Å². The van der Waals surface area contributed by atoms with Crippen LogP contribution >= 0.6 is 11.6 Å². The van der Waals surface area contributed by atoms with Gasteiger partial charge in [0.25, 0.3) is 0 Å². The maximum absolute atomic E-state index is 15.4. The molecular weight excluding hydrogens is 1330 g/mol. The molecule has 3 unspecified atom stereocenters. The summed E-state index contributed by atoms with van der Waals surface area (Å²) in [6.45, 7) is 16.7. The maximum Gasteiger partial charge on any atom is 0.393 e. The molecule has 2 aliphatic carbocycles. The van der Waals surface area contributed by atoms with Crippen molar-refractivity contribution in [1.29, 1.82) is 0 Å². The predicted octanol–water partition coefficient (Wildman–Crippen LogP) is 5.10. The molecule has 5 rings (SSSR count). The maximum atomic E-state index is 15.4. The molecule has 12 amide bonds. The van der Waals surface area contributed by atoms with E-state index >= 15 is 19.2 Å². The van der Waals surface area contributed by atoms with E-state index in [0.717, 1.165) is 30.6 Å². The van der Waals surface area contributed by atoms with E-state index in [9.17, 15) is 51.5 Å². The van der Waals surface area contributed by atoms with E-state index in [0.29, 0.717) is 44.7 Å². The summed E-state index contributed by atoms with van der Waals surface area (Å²) in [7, 11) is 12.8. The molecule has 3 heterocycles. The molecule has 0 radical (unpaired) electrons. The molecule has 2 saturated carbocycles. The zero-order valence-corrected chi connectivity index (χ0v) is 64.2. The fourth-order valence-corrected chi connectivity index (χ4v) is 15.7. The molecule has 29 heteroatoms. The van der Waals surface area contributed by atoms with Crippen LogP contribution in [0.25, 0.3) is 0 Å². The Morgan fingerprint density at radius 2 is 1.15 bits per heavy atom. The number of rotatable bonds is 14. The van der Waals surface area contributed by atoms with Crippen LogP contribution in [-0.4, -0.2) is 277 Å². The number of hydrogen-bond donors (Lipinski definition) is 4. The minimum absolute atomic E-state index is 0.00937. The number of amides is 12. The van der Waals surface area contributed by atoms with Gasteiger partial charge in [0.2, 0.25) is 70.9 Å². The average Bonchev–Trinajstić information content (AvgIpc) is 0.783. The lowest BCUT2D eigenvalue weighted by Gasteiger charge is -2.45. The summed E-state index contributed by atoms with van der Waals surface area (Å²) in [5, 5.41) is 10.6. The van der Waals surface area contributed by atoms with Crippen LogP contribution in [0.4, 0.5) is 13.2 Å². The van der Waals surface area contributed by atoms with Gasteiger partial charge in [-0.15, -0.1) is 11.6 Å². The zero-order chi connectivity index (χ0) is 76.0. The summed E-state index contributed by atoms with van der Waals surface area (Å²) < 4.78 is 42.2. The molecule has 0 aromatic carbocycles. The molecule has 4 N–H and O–H groups in total. The number of carbonyl (C=O) groups is 12. The number of alkyl halides is 4. The Hall–Kier alpha value is -6.32. The molecule has 5 aliphatic rings. The molecule has 5 fully saturated rings. The van der Waals surface area contributed by atoms with Gasteiger partial charge in [-0.1, -0.05) is 87.0 Å². The summed E-state index contributed by atoms with van der Waals surface area (Å²) in [6.07, 6.45) is 0.804. The summed E-state index contributed by atoms with van der Waals surface area (Å²) in [5.41, 5.74) is 0. The highest BCUT2D eigenvalue weighted by atomic mass is 35.5. The Bertz CT molecular complexity index is 2900. The molecule has 0 aromatic heterocycles. The van der Waals surface area contributed by atoms with Crippen molar-refractivity contribution in [2.45, 2.75) is 250 Å². The Morgan fingerprint density at radius 1 is 0.584 bits per heavy atom. The van der Waals surface area contributed by atoms with Gasteiger partial charge in [-0.2, -0.15) is 13.2 Å². The lowest BCUT2D eigenvalue weighted by molar-refractivity contribution is -0.182. The van der Waals surface area contributed by atoms with Gasteiger partial charge < -0.3 is 65.4 Å². The third-order valence-electron chi connectivity index (χ3n) is 22.8. The molecular formula is C72H121ClF3N13O12. The number of piperidine rings is 1. The smallest absolute Gasteiger partial charge is 0.347 e. The zero-order valence-electron chi connectivity index (χ0n) is 63.5. The largest absolute Gasteiger partial charge is 0.393 e. The van der Waals surface area contributed by atoms with E-state index in [4.69, 9.17) is 11.6 Å². The molecule has 574 valence electrons. The molecule has 3 aliphatic heterocycles. The monoisotopic (exact) mass is 1450 g/mol. The molecule has 0 spiro atoms. The summed E-state index contributed by atoms with van der Waals surface area (Å²) in [4.78, 5) is 190. The summed E-state index contributed by atoms with van der Waals surface area (Å²) in [5.74, 6) is -11.1. The topological polar surface area (TPSA) is 282 Å². The van der Waals surface area contributed by atoms with Gasteiger partial charge in [-0.05, 0) is 139 Å². The number of nitrogens with zero attached hydrogens (tertiary/aromatic N) is 9. The SMILES string of the molecule is CC[C@H](C)[C@@H]1NC(=O)[C@H](CC(C)C)N(C)C(=O)C[C@@H](C(=O)N(C)C)N(C)C(=O)[C@H]([C@@H](C)CC)N(C)C(=O)[C@H](C)NC(=O)[C@H](CC2CCNCC2)N(C)C(=O)[C@H](CCC2CCC(C(F)(F)F)C(Cl)C2)NC(=O)CN(C)C(=O)[C@H](CC2CCC(C)CC2)N(C)C(=O)[C@@H]2CCN2C(=O)[C@H](C)N(C)C1=O. The van der Waals surface area contributed by atoms with Crippen LogP contribution in [0.2, 0.25) is 0 Å². The van der Waals surface area contributed by atoms with Crippen molar-refractivity contribution in [2.24, 2.45) is 47.3 Å². The molecule has 0 aromatic rings. The molecule has 3 saturated heterocycles. The number of halogens is 4. The Kier molecular flexibility index (Phi) is 32.0. The minimum Gasteiger partial charge on any atom is -0.347 e. The quantitative estimate of drug-likeness (QED) is 0.165. The van der Waals surface area contributed by atoms with Crippen LogP contribution in [0.1, 0.15) is 178 Å². The van der Waals surface area contributed by atoms with E-state index in [-0.39, 0.29) is 88.0 Å². The van der Waals surface area contributed by atoms with Gasteiger partial charge in [-0.3, -0.25) is 57.5 Å². The van der Waals surface area contributed by atoms with Gasteiger partial charge >= 0.3 is 6.18 Å². The first kappa shape index (κ1) is 85.3. The normalized spacial score (nSPS) is 31.5. The second-order valence-corrected chi connectivity index (χ2v) is 31.4. The van der Waals surface area contributed by atoms with Crippen LogP contribution in [0.3, 0.4) is 0 Å². The second-order valence-electron chi connectivity index (χ2n) is 30.9. The first-order valence-corrected chi connectivity index (χ1v) is 37.3. The summed E-state index contributed by atoms with van der Waals surface area (Å²) in [6, 6.07) is -12.5. The van der Waals surface area contributed by atoms with Gasteiger partial charge in [0.15, 0.2) is 0 Å². The number of hydrogen-bond acceptors (Lipinski definition) is 13. The van der Waals surface area contributed by atoms with Crippen molar-refractivity contribution < 1.29 is 70.7 Å². The van der Waals surface area contributed by atoms with E-state index in [1.807, 2.05) is 27.7 Å². The predicted molar refractivity (Wildman–Crippen MR) is 378 cm³/mol. The van der Waals surface area contributed by atoms with Crippen molar-refractivity contribution >= 4 is 82.5 Å². The lowest BCUT2D eigenvalue weighted by Crippen LogP contribution is -2.65. The van der Waals surface area contributed by atoms with Crippen molar-refractivity contribution in [2.75, 3.05) is 89.6 Å². The lowest BCUT2D eigenvalue weighted by atomic mass is 9.78. The highest BCUT2D eigenvalue weighted by Crippen LogP contribution is 2.44. The fraction of sp³-hybridized carbons (Fsp3) is 0.833. The fourth-order valence-electron chi connectivity index (χ4n) is 15.1. The molecule has 0 bridgehead atoms. The third kappa shape index (κ3) is 22.1. The third-order valence-corrected chi connectivity index (χ3v) is 23.3. The van der Waals surface area contributed by atoms with Crippen LogP contribution < -0.4 is 21.3 Å². The van der Waals surface area contributed by atoms with Crippen molar-refractivity contribution in [3.63, 3.8) is 0 Å². The van der Waals surface area contributed by atoms with Gasteiger partial charge in [0, 0.05) is 75.4 Å². The number of nitrogens with one attached hydrogen (secondary N) is 4. The second kappa shape index (κ2) is 37.9. The number of likely N-dealkylation sites (N-methyl/N-ethyl adjacent to an activating group) is 8. The van der Waals surface area contributed by atoms with E-state index in [1.165, 1.54) is 116 Å². The van der Waals surface area contributed by atoms with E-state index < -0.39 is 174 Å². The van der Waals surface area contributed by atoms with Crippen LogP contribution in [0.5, 0.6) is 0 Å². The summed E-state index contributed by atoms with van der Waals surface area (Å²) >= 11 is 6.42. The average molecular weight is 1450 g/mol. The van der Waals surface area contributed by atoms with Crippen molar-refractivity contribution in [3.05, 3.63) is 0 Å². The highest BCUT2D eigenvalue weighted by Gasteiger charge is 2.49.